The van der Waals surface area contributed by atoms with Gasteiger partial charge in [-0.05, 0) is 41.3 Å². The van der Waals surface area contributed by atoms with E-state index < -0.39 is 0 Å². The lowest BCUT2D eigenvalue weighted by molar-refractivity contribution is -0.117. The minimum Gasteiger partial charge on any atom is -0.497 e. The van der Waals surface area contributed by atoms with Crippen LogP contribution < -0.4 is 15.4 Å². The monoisotopic (exact) mass is 366 g/mol. The molecule has 27 heavy (non-hydrogen) atoms. The third-order valence-corrected chi connectivity index (χ3v) is 4.05. The van der Waals surface area contributed by atoms with Crippen LogP contribution in [0.4, 0.5) is 5.69 Å². The summed E-state index contributed by atoms with van der Waals surface area (Å²) >= 11 is 0. The molecule has 5 nitrogen and oxygen atoms in total. The molecule has 0 saturated carbocycles. The van der Waals surface area contributed by atoms with E-state index in [9.17, 15) is 9.59 Å². The van der Waals surface area contributed by atoms with Crippen molar-refractivity contribution < 1.29 is 14.3 Å². The Kier molecular flexibility index (Phi) is 7.62. The van der Waals surface area contributed by atoms with Gasteiger partial charge >= 0.3 is 0 Å². The molecule has 0 bridgehead atoms. The number of benzene rings is 2. The zero-order valence-electron chi connectivity index (χ0n) is 16.0. The van der Waals surface area contributed by atoms with Crippen LogP contribution in [0.25, 0.3) is 6.08 Å². The van der Waals surface area contributed by atoms with Gasteiger partial charge in [0, 0.05) is 24.7 Å². The summed E-state index contributed by atoms with van der Waals surface area (Å²) in [5.74, 6) is 0.731. The Morgan fingerprint density at radius 3 is 2.44 bits per heavy atom. The summed E-state index contributed by atoms with van der Waals surface area (Å²) in [6, 6.07) is 15.1. The molecule has 0 saturated heterocycles. The summed E-state index contributed by atoms with van der Waals surface area (Å²) in [6.45, 7) is 4.45. The number of carbonyl (C=O) groups is 2. The van der Waals surface area contributed by atoms with Crippen molar-refractivity contribution in [3.63, 3.8) is 0 Å². The number of methoxy groups -OCH3 is 1. The van der Waals surface area contributed by atoms with Crippen molar-refractivity contribution in [2.75, 3.05) is 19.0 Å². The standard InChI is InChI=1S/C22H26N2O3/c1-16(2)19-6-4-5-7-20(19)24-22(26)14-15-23-21(25)13-10-17-8-11-18(27-3)12-9-17/h4-13,16H,14-15H2,1-3H3,(H,23,25)(H,24,26). The Hall–Kier alpha value is -3.08. The van der Waals surface area contributed by atoms with Gasteiger partial charge in [-0.2, -0.15) is 0 Å². The van der Waals surface area contributed by atoms with Crippen LogP contribution in [0.15, 0.2) is 54.6 Å². The first-order valence-corrected chi connectivity index (χ1v) is 8.98. The SMILES string of the molecule is COc1ccc(C=CC(=O)NCCC(=O)Nc2ccccc2C(C)C)cc1. The van der Waals surface area contributed by atoms with Gasteiger partial charge in [0.15, 0.2) is 0 Å². The van der Waals surface area contributed by atoms with Gasteiger partial charge in [0.25, 0.3) is 0 Å². The van der Waals surface area contributed by atoms with Gasteiger partial charge in [-0.25, -0.2) is 0 Å². The molecule has 0 unspecified atom stereocenters. The van der Waals surface area contributed by atoms with Gasteiger partial charge in [-0.1, -0.05) is 44.2 Å². The highest BCUT2D eigenvalue weighted by molar-refractivity contribution is 5.94. The van der Waals surface area contributed by atoms with Gasteiger partial charge in [0.2, 0.25) is 11.8 Å². The van der Waals surface area contributed by atoms with E-state index in [4.69, 9.17) is 4.74 Å². The van der Waals surface area contributed by atoms with Crippen molar-refractivity contribution in [1.29, 1.82) is 0 Å². The number of amides is 2. The van der Waals surface area contributed by atoms with Crippen LogP contribution in [0.5, 0.6) is 5.75 Å². The van der Waals surface area contributed by atoms with Crippen LogP contribution in [0, 0.1) is 0 Å². The lowest BCUT2D eigenvalue weighted by Crippen LogP contribution is -2.26. The Bertz CT molecular complexity index is 795. The van der Waals surface area contributed by atoms with E-state index in [0.29, 0.717) is 5.92 Å². The Balaban J connectivity index is 1.77. The van der Waals surface area contributed by atoms with Crippen LogP contribution in [0.2, 0.25) is 0 Å². The molecule has 2 aromatic carbocycles. The molecule has 2 rings (SSSR count). The van der Waals surface area contributed by atoms with Gasteiger partial charge in [-0.15, -0.1) is 0 Å². The second-order valence-electron chi connectivity index (χ2n) is 6.44. The van der Waals surface area contributed by atoms with E-state index in [0.717, 1.165) is 22.6 Å². The van der Waals surface area contributed by atoms with E-state index in [2.05, 4.69) is 24.5 Å². The van der Waals surface area contributed by atoms with Gasteiger partial charge in [0.05, 0.1) is 7.11 Å². The molecular formula is C22H26N2O3. The molecule has 0 aliphatic heterocycles. The number of anilines is 1. The lowest BCUT2D eigenvalue weighted by atomic mass is 10.0. The number of ether oxygens (including phenoxy) is 1. The summed E-state index contributed by atoms with van der Waals surface area (Å²) in [6.07, 6.45) is 3.38. The molecule has 0 fully saturated rings. The predicted octanol–water partition coefficient (Wildman–Crippen LogP) is 3.98. The van der Waals surface area contributed by atoms with Crippen molar-refractivity contribution in [2.24, 2.45) is 0 Å². The van der Waals surface area contributed by atoms with Crippen molar-refractivity contribution in [1.82, 2.24) is 5.32 Å². The molecule has 0 radical (unpaired) electrons. The van der Waals surface area contributed by atoms with Crippen LogP contribution in [0.1, 0.15) is 37.3 Å². The number of nitrogens with one attached hydrogen (secondary N) is 2. The highest BCUT2D eigenvalue weighted by atomic mass is 16.5. The molecule has 0 spiro atoms. The molecule has 142 valence electrons. The molecule has 0 aromatic heterocycles. The topological polar surface area (TPSA) is 67.4 Å². The highest BCUT2D eigenvalue weighted by Gasteiger charge is 2.09. The summed E-state index contributed by atoms with van der Waals surface area (Å²) in [5, 5.41) is 5.63. The van der Waals surface area contributed by atoms with E-state index >= 15 is 0 Å². The largest absolute Gasteiger partial charge is 0.497 e. The third-order valence-electron chi connectivity index (χ3n) is 4.05. The van der Waals surface area contributed by atoms with E-state index in [1.165, 1.54) is 6.08 Å². The molecule has 0 aliphatic rings. The average Bonchev–Trinajstić information content (AvgIpc) is 2.67. The third kappa shape index (κ3) is 6.62. The van der Waals surface area contributed by atoms with Crippen LogP contribution in [0.3, 0.4) is 0 Å². The van der Waals surface area contributed by atoms with E-state index in [1.54, 1.807) is 13.2 Å². The second kappa shape index (κ2) is 10.2. The Morgan fingerprint density at radius 1 is 1.07 bits per heavy atom. The summed E-state index contributed by atoms with van der Waals surface area (Å²) < 4.78 is 5.09. The Morgan fingerprint density at radius 2 is 1.78 bits per heavy atom. The number of hydrogen-bond donors (Lipinski definition) is 2. The minimum absolute atomic E-state index is 0.123. The highest BCUT2D eigenvalue weighted by Crippen LogP contribution is 2.23. The van der Waals surface area contributed by atoms with Gasteiger partial charge in [-0.3, -0.25) is 9.59 Å². The first-order chi connectivity index (χ1) is 13.0. The average molecular weight is 366 g/mol. The lowest BCUT2D eigenvalue weighted by Gasteiger charge is -2.13. The fraction of sp³-hybridized carbons (Fsp3) is 0.273. The second-order valence-corrected chi connectivity index (χ2v) is 6.44. The quantitative estimate of drug-likeness (QED) is 0.695. The van der Waals surface area contributed by atoms with Gasteiger partial charge in [0.1, 0.15) is 5.75 Å². The molecular weight excluding hydrogens is 340 g/mol. The maximum Gasteiger partial charge on any atom is 0.244 e. The number of rotatable bonds is 8. The molecule has 5 heteroatoms. The number of para-hydroxylation sites is 1. The maximum absolute atomic E-state index is 12.1. The fourth-order valence-corrected chi connectivity index (χ4v) is 2.57. The summed E-state index contributed by atoms with van der Waals surface area (Å²) in [5.41, 5.74) is 2.81. The minimum atomic E-state index is -0.235. The molecule has 2 N–H and O–H groups in total. The van der Waals surface area contributed by atoms with Crippen molar-refractivity contribution in [3.05, 3.63) is 65.7 Å². The smallest absolute Gasteiger partial charge is 0.244 e. The molecule has 2 aromatic rings. The zero-order chi connectivity index (χ0) is 19.6. The van der Waals surface area contributed by atoms with Crippen LogP contribution >= 0.6 is 0 Å². The van der Waals surface area contributed by atoms with E-state index in [1.807, 2.05) is 48.5 Å². The molecule has 0 heterocycles. The van der Waals surface area contributed by atoms with Crippen LogP contribution in [-0.2, 0) is 9.59 Å². The van der Waals surface area contributed by atoms with Crippen molar-refractivity contribution in [2.45, 2.75) is 26.2 Å². The van der Waals surface area contributed by atoms with E-state index in [-0.39, 0.29) is 24.8 Å². The first kappa shape index (κ1) is 20.2. The summed E-state index contributed by atoms with van der Waals surface area (Å²) in [7, 11) is 1.61. The summed E-state index contributed by atoms with van der Waals surface area (Å²) in [4.78, 5) is 24.0. The number of carbonyl (C=O) groups excluding carboxylic acids is 2. The Labute approximate surface area is 160 Å². The first-order valence-electron chi connectivity index (χ1n) is 8.98. The number of hydrogen-bond acceptors (Lipinski definition) is 3. The molecule has 0 atom stereocenters. The van der Waals surface area contributed by atoms with Crippen molar-refractivity contribution in [3.8, 4) is 5.75 Å². The van der Waals surface area contributed by atoms with Gasteiger partial charge < -0.3 is 15.4 Å². The molecule has 0 aliphatic carbocycles. The zero-order valence-corrected chi connectivity index (χ0v) is 16.0. The van der Waals surface area contributed by atoms with Crippen molar-refractivity contribution >= 4 is 23.6 Å². The predicted molar refractivity (Wildman–Crippen MR) is 109 cm³/mol. The normalized spacial score (nSPS) is 10.8. The molecule has 2 amide bonds. The van der Waals surface area contributed by atoms with Crippen LogP contribution in [-0.4, -0.2) is 25.5 Å². The maximum atomic E-state index is 12.1. The fourth-order valence-electron chi connectivity index (χ4n) is 2.57.